The molecule has 146 valence electrons. The summed E-state index contributed by atoms with van der Waals surface area (Å²) in [4.78, 5) is 14.7. The second-order valence-electron chi connectivity index (χ2n) is 7.84. The van der Waals surface area contributed by atoms with E-state index in [1.807, 2.05) is 35.2 Å². The number of carbonyl (C=O) groups excluding carboxylic acids is 1. The summed E-state index contributed by atoms with van der Waals surface area (Å²) in [6.45, 7) is 5.81. The molecule has 4 rings (SSSR count). The van der Waals surface area contributed by atoms with Gasteiger partial charge in [0.2, 0.25) is 0 Å². The van der Waals surface area contributed by atoms with Crippen molar-refractivity contribution >= 4 is 11.7 Å². The summed E-state index contributed by atoms with van der Waals surface area (Å²) in [5, 5.41) is 0. The first-order valence-corrected chi connectivity index (χ1v) is 10.00. The highest BCUT2D eigenvalue weighted by molar-refractivity contribution is 5.75. The molecule has 2 heterocycles. The second-order valence-corrected chi connectivity index (χ2v) is 7.84. The Bertz CT molecular complexity index is 859. The van der Waals surface area contributed by atoms with Crippen LogP contribution in [0.25, 0.3) is 5.57 Å². The second kappa shape index (κ2) is 8.19. The van der Waals surface area contributed by atoms with E-state index in [-0.39, 0.29) is 18.2 Å². The summed E-state index contributed by atoms with van der Waals surface area (Å²) in [5.74, 6) is 0.460. The van der Waals surface area contributed by atoms with Crippen molar-refractivity contribution in [3.8, 4) is 0 Å². The minimum Gasteiger partial charge on any atom is -0.445 e. The number of benzene rings is 2. The molecule has 28 heavy (non-hydrogen) atoms. The SMILES string of the molecule is CC(C)c1ccccc1C1=CC2COCC(C1)N2C(=O)OCc1ccccc1. The highest BCUT2D eigenvalue weighted by Crippen LogP contribution is 2.36. The van der Waals surface area contributed by atoms with E-state index < -0.39 is 0 Å². The number of ether oxygens (including phenoxy) is 2. The monoisotopic (exact) mass is 377 g/mol. The lowest BCUT2D eigenvalue weighted by Crippen LogP contribution is -2.56. The topological polar surface area (TPSA) is 38.8 Å². The molecule has 4 nitrogen and oxygen atoms in total. The Hall–Kier alpha value is -2.59. The minimum absolute atomic E-state index is 0.0160. The van der Waals surface area contributed by atoms with E-state index in [1.165, 1.54) is 16.7 Å². The van der Waals surface area contributed by atoms with E-state index in [0.29, 0.717) is 25.7 Å². The third-order valence-electron chi connectivity index (χ3n) is 5.54. The first kappa shape index (κ1) is 18.8. The molecule has 2 aliphatic rings. The molecular weight excluding hydrogens is 350 g/mol. The van der Waals surface area contributed by atoms with Crippen LogP contribution in [-0.2, 0) is 16.1 Å². The van der Waals surface area contributed by atoms with Crippen molar-refractivity contribution in [3.05, 3.63) is 77.4 Å². The van der Waals surface area contributed by atoms with Crippen molar-refractivity contribution in [2.45, 2.75) is 44.9 Å². The molecule has 0 N–H and O–H groups in total. The maximum Gasteiger partial charge on any atom is 0.411 e. The van der Waals surface area contributed by atoms with Gasteiger partial charge in [0, 0.05) is 0 Å². The van der Waals surface area contributed by atoms with Gasteiger partial charge in [0.1, 0.15) is 6.61 Å². The van der Waals surface area contributed by atoms with Gasteiger partial charge in [0.15, 0.2) is 0 Å². The molecule has 0 aliphatic carbocycles. The van der Waals surface area contributed by atoms with Crippen LogP contribution in [0, 0.1) is 0 Å². The van der Waals surface area contributed by atoms with Gasteiger partial charge < -0.3 is 9.47 Å². The molecule has 2 aromatic rings. The molecule has 1 fully saturated rings. The van der Waals surface area contributed by atoms with Gasteiger partial charge in [-0.05, 0) is 34.6 Å². The highest BCUT2D eigenvalue weighted by Gasteiger charge is 2.39. The van der Waals surface area contributed by atoms with Gasteiger partial charge in [-0.2, -0.15) is 0 Å². The quantitative estimate of drug-likeness (QED) is 0.752. The first-order valence-electron chi connectivity index (χ1n) is 10.00. The zero-order valence-corrected chi connectivity index (χ0v) is 16.5. The summed E-state index contributed by atoms with van der Waals surface area (Å²) in [5.41, 5.74) is 4.96. The summed E-state index contributed by atoms with van der Waals surface area (Å²) < 4.78 is 11.4. The van der Waals surface area contributed by atoms with Crippen LogP contribution in [0.5, 0.6) is 0 Å². The normalized spacial score (nSPS) is 21.4. The average Bonchev–Trinajstić information content (AvgIpc) is 2.71. The maximum atomic E-state index is 12.8. The predicted molar refractivity (Wildman–Crippen MR) is 110 cm³/mol. The summed E-state index contributed by atoms with van der Waals surface area (Å²) in [6, 6.07) is 18.3. The number of fused-ring (bicyclic) bond motifs is 2. The fraction of sp³-hybridized carbons (Fsp3) is 0.375. The van der Waals surface area contributed by atoms with Gasteiger partial charge in [-0.15, -0.1) is 0 Å². The first-order chi connectivity index (χ1) is 13.6. The number of nitrogens with zero attached hydrogens (tertiary/aromatic N) is 1. The lowest BCUT2D eigenvalue weighted by atomic mass is 9.85. The molecule has 4 heteroatoms. The third-order valence-corrected chi connectivity index (χ3v) is 5.54. The van der Waals surface area contributed by atoms with Crippen molar-refractivity contribution in [1.29, 1.82) is 0 Å². The Balaban J connectivity index is 1.54. The minimum atomic E-state index is -0.255. The van der Waals surface area contributed by atoms with Crippen LogP contribution in [-0.4, -0.2) is 36.3 Å². The lowest BCUT2D eigenvalue weighted by molar-refractivity contribution is -0.0342. The van der Waals surface area contributed by atoms with Gasteiger partial charge in [0.05, 0.1) is 25.3 Å². The Morgan fingerprint density at radius 2 is 1.86 bits per heavy atom. The Kier molecular flexibility index (Phi) is 5.49. The van der Waals surface area contributed by atoms with E-state index >= 15 is 0 Å². The third kappa shape index (κ3) is 3.83. The van der Waals surface area contributed by atoms with Crippen molar-refractivity contribution in [2.75, 3.05) is 13.2 Å². The smallest absolute Gasteiger partial charge is 0.411 e. The van der Waals surface area contributed by atoms with Gasteiger partial charge in [-0.3, -0.25) is 4.90 Å². The van der Waals surface area contributed by atoms with Crippen molar-refractivity contribution < 1.29 is 14.3 Å². The number of amides is 1. The standard InChI is InChI=1S/C24H27NO3/c1-17(2)22-10-6-7-11-23(22)19-12-20-15-27-16-21(13-19)25(20)24(26)28-14-18-8-4-3-5-9-18/h3-12,17,20-21H,13-16H2,1-2H3. The summed E-state index contributed by atoms with van der Waals surface area (Å²) in [7, 11) is 0. The fourth-order valence-electron chi connectivity index (χ4n) is 4.17. The van der Waals surface area contributed by atoms with Gasteiger partial charge in [-0.25, -0.2) is 4.79 Å². The molecule has 0 radical (unpaired) electrons. The Labute approximate surface area is 166 Å². The van der Waals surface area contributed by atoms with Crippen LogP contribution in [0.2, 0.25) is 0 Å². The van der Waals surface area contributed by atoms with Gasteiger partial charge in [-0.1, -0.05) is 74.5 Å². The molecule has 2 atom stereocenters. The van der Waals surface area contributed by atoms with Crippen molar-refractivity contribution in [1.82, 2.24) is 4.90 Å². The van der Waals surface area contributed by atoms with E-state index in [9.17, 15) is 4.79 Å². The maximum absolute atomic E-state index is 12.8. The van der Waals surface area contributed by atoms with Crippen molar-refractivity contribution in [2.24, 2.45) is 0 Å². The molecule has 1 saturated heterocycles. The summed E-state index contributed by atoms with van der Waals surface area (Å²) >= 11 is 0. The lowest BCUT2D eigenvalue weighted by Gasteiger charge is -2.44. The molecule has 1 amide bonds. The van der Waals surface area contributed by atoms with Crippen LogP contribution in [0.3, 0.4) is 0 Å². The summed E-state index contributed by atoms with van der Waals surface area (Å²) in [6.07, 6.45) is 2.73. The van der Waals surface area contributed by atoms with Crippen LogP contribution in [0.15, 0.2) is 60.7 Å². The molecule has 0 saturated carbocycles. The van der Waals surface area contributed by atoms with Crippen LogP contribution < -0.4 is 0 Å². The van der Waals surface area contributed by atoms with Crippen molar-refractivity contribution in [3.63, 3.8) is 0 Å². The van der Waals surface area contributed by atoms with E-state index in [1.54, 1.807) is 0 Å². The molecular formula is C24H27NO3. The number of rotatable bonds is 4. The van der Waals surface area contributed by atoms with E-state index in [2.05, 4.69) is 44.2 Å². The number of hydrogen-bond donors (Lipinski definition) is 0. The zero-order chi connectivity index (χ0) is 19.5. The molecule has 2 aromatic carbocycles. The Morgan fingerprint density at radius 1 is 1.11 bits per heavy atom. The number of hydrogen-bond acceptors (Lipinski definition) is 3. The number of morpholine rings is 1. The largest absolute Gasteiger partial charge is 0.445 e. The number of carbonyl (C=O) groups is 1. The van der Waals surface area contributed by atoms with Gasteiger partial charge >= 0.3 is 6.09 Å². The molecule has 2 aliphatic heterocycles. The molecule has 2 bridgehead atoms. The predicted octanol–water partition coefficient (Wildman–Crippen LogP) is 5.00. The van der Waals surface area contributed by atoms with E-state index in [0.717, 1.165) is 12.0 Å². The molecule has 0 spiro atoms. The van der Waals surface area contributed by atoms with E-state index in [4.69, 9.17) is 9.47 Å². The molecule has 2 unspecified atom stereocenters. The average molecular weight is 377 g/mol. The molecule has 0 aromatic heterocycles. The zero-order valence-electron chi connectivity index (χ0n) is 16.5. The highest BCUT2D eigenvalue weighted by atomic mass is 16.6. The Morgan fingerprint density at radius 3 is 2.61 bits per heavy atom. The van der Waals surface area contributed by atoms with Crippen LogP contribution in [0.1, 0.15) is 42.9 Å². The van der Waals surface area contributed by atoms with Gasteiger partial charge in [0.25, 0.3) is 0 Å². The van der Waals surface area contributed by atoms with Crippen LogP contribution in [0.4, 0.5) is 4.79 Å². The fourth-order valence-corrected chi connectivity index (χ4v) is 4.17. The van der Waals surface area contributed by atoms with Crippen LogP contribution >= 0.6 is 0 Å².